The van der Waals surface area contributed by atoms with Gasteiger partial charge in [0, 0.05) is 37.6 Å². The maximum Gasteiger partial charge on any atom is 0.254 e. The Kier molecular flexibility index (Phi) is 5.40. The van der Waals surface area contributed by atoms with Gasteiger partial charge in [0.05, 0.1) is 6.33 Å². The molecule has 4 nitrogen and oxygen atoms in total. The summed E-state index contributed by atoms with van der Waals surface area (Å²) in [6.45, 7) is 2.19. The molecular weight excluding hydrogens is 298 g/mol. The molecule has 3 rings (SSSR count). The van der Waals surface area contributed by atoms with Crippen LogP contribution in [0.1, 0.15) is 22.3 Å². The van der Waals surface area contributed by atoms with Crippen molar-refractivity contribution in [1.82, 2.24) is 14.5 Å². The number of carbonyl (C=O) groups excluding carboxylic acids is 1. The van der Waals surface area contributed by atoms with Gasteiger partial charge in [0.15, 0.2) is 0 Å². The lowest BCUT2D eigenvalue weighted by Gasteiger charge is -2.23. The Labute approximate surface area is 142 Å². The molecule has 0 aliphatic rings. The van der Waals surface area contributed by atoms with Gasteiger partial charge in [-0.2, -0.15) is 0 Å². The standard InChI is InChI=1S/C20H21N3O/c24-20(19-10-5-2-6-11-19)23(16-18-8-3-1-4-9-18)14-7-13-22-15-12-21-17-22/h1-6,8-12,15,17H,7,13-14,16H2. The Hall–Kier alpha value is -2.88. The van der Waals surface area contributed by atoms with Crippen LogP contribution >= 0.6 is 0 Å². The fourth-order valence-electron chi connectivity index (χ4n) is 2.68. The Balaban J connectivity index is 1.69. The number of hydrogen-bond donors (Lipinski definition) is 0. The molecule has 0 N–H and O–H groups in total. The van der Waals surface area contributed by atoms with Crippen LogP contribution in [-0.2, 0) is 13.1 Å². The van der Waals surface area contributed by atoms with Crippen LogP contribution in [0.2, 0.25) is 0 Å². The van der Waals surface area contributed by atoms with E-state index < -0.39 is 0 Å². The normalized spacial score (nSPS) is 10.5. The van der Waals surface area contributed by atoms with Gasteiger partial charge in [-0.15, -0.1) is 0 Å². The molecule has 0 aliphatic heterocycles. The second-order valence-corrected chi connectivity index (χ2v) is 5.73. The first-order valence-electron chi connectivity index (χ1n) is 8.17. The molecule has 0 aliphatic carbocycles. The summed E-state index contributed by atoms with van der Waals surface area (Å²) in [6.07, 6.45) is 6.42. The average Bonchev–Trinajstić information content (AvgIpc) is 3.15. The zero-order chi connectivity index (χ0) is 16.6. The molecular formula is C20H21N3O. The number of aryl methyl sites for hydroxylation is 1. The number of benzene rings is 2. The second kappa shape index (κ2) is 8.11. The number of nitrogens with zero attached hydrogens (tertiary/aromatic N) is 3. The van der Waals surface area contributed by atoms with Crippen molar-refractivity contribution in [3.63, 3.8) is 0 Å². The van der Waals surface area contributed by atoms with Gasteiger partial charge in [-0.1, -0.05) is 48.5 Å². The van der Waals surface area contributed by atoms with E-state index in [0.29, 0.717) is 13.1 Å². The zero-order valence-electron chi connectivity index (χ0n) is 13.6. The van der Waals surface area contributed by atoms with Gasteiger partial charge < -0.3 is 9.47 Å². The minimum atomic E-state index is 0.0742. The Morgan fingerprint density at radius 2 is 1.71 bits per heavy atom. The highest BCUT2D eigenvalue weighted by Gasteiger charge is 2.15. The smallest absolute Gasteiger partial charge is 0.254 e. The van der Waals surface area contributed by atoms with Crippen molar-refractivity contribution in [2.24, 2.45) is 0 Å². The van der Waals surface area contributed by atoms with Crippen LogP contribution in [0.3, 0.4) is 0 Å². The predicted molar refractivity (Wildman–Crippen MR) is 94.5 cm³/mol. The van der Waals surface area contributed by atoms with Gasteiger partial charge >= 0.3 is 0 Å². The Morgan fingerprint density at radius 3 is 2.38 bits per heavy atom. The van der Waals surface area contributed by atoms with Crippen LogP contribution in [0.15, 0.2) is 79.4 Å². The van der Waals surface area contributed by atoms with Gasteiger partial charge in [-0.25, -0.2) is 4.98 Å². The highest BCUT2D eigenvalue weighted by atomic mass is 16.2. The van der Waals surface area contributed by atoms with Crippen molar-refractivity contribution in [3.8, 4) is 0 Å². The van der Waals surface area contributed by atoms with Gasteiger partial charge in [0.25, 0.3) is 5.91 Å². The van der Waals surface area contributed by atoms with E-state index in [2.05, 4.69) is 17.1 Å². The van der Waals surface area contributed by atoms with E-state index in [9.17, 15) is 4.79 Å². The van der Waals surface area contributed by atoms with Crippen molar-refractivity contribution in [1.29, 1.82) is 0 Å². The predicted octanol–water partition coefficient (Wildman–Crippen LogP) is 3.62. The fraction of sp³-hybridized carbons (Fsp3) is 0.200. The third-order valence-electron chi connectivity index (χ3n) is 3.93. The zero-order valence-corrected chi connectivity index (χ0v) is 13.6. The van der Waals surface area contributed by atoms with Gasteiger partial charge in [0.2, 0.25) is 0 Å². The highest BCUT2D eigenvalue weighted by Crippen LogP contribution is 2.11. The van der Waals surface area contributed by atoms with Gasteiger partial charge in [0.1, 0.15) is 0 Å². The van der Waals surface area contributed by atoms with Crippen molar-refractivity contribution >= 4 is 5.91 Å². The molecule has 0 atom stereocenters. The Bertz CT molecular complexity index is 739. The van der Waals surface area contributed by atoms with Crippen molar-refractivity contribution in [2.75, 3.05) is 6.54 Å². The first kappa shape index (κ1) is 16.0. The SMILES string of the molecule is O=C(c1ccccc1)N(CCCn1ccnc1)Cc1ccccc1. The van der Waals surface area contributed by atoms with Crippen LogP contribution < -0.4 is 0 Å². The molecule has 4 heteroatoms. The molecule has 0 bridgehead atoms. The molecule has 2 aromatic carbocycles. The maximum absolute atomic E-state index is 12.8. The lowest BCUT2D eigenvalue weighted by Crippen LogP contribution is -2.32. The third-order valence-corrected chi connectivity index (χ3v) is 3.93. The van der Waals surface area contributed by atoms with Crippen LogP contribution in [-0.4, -0.2) is 26.9 Å². The van der Waals surface area contributed by atoms with E-state index in [1.165, 1.54) is 0 Å². The lowest BCUT2D eigenvalue weighted by atomic mass is 10.1. The fourth-order valence-corrected chi connectivity index (χ4v) is 2.68. The molecule has 24 heavy (non-hydrogen) atoms. The van der Waals surface area contributed by atoms with Crippen LogP contribution in [0, 0.1) is 0 Å². The van der Waals surface area contributed by atoms with Crippen LogP contribution in [0.5, 0.6) is 0 Å². The number of carbonyl (C=O) groups is 1. The molecule has 1 aromatic heterocycles. The number of rotatable bonds is 7. The van der Waals surface area contributed by atoms with Crippen molar-refractivity contribution < 1.29 is 4.79 Å². The molecule has 0 radical (unpaired) electrons. The number of imidazole rings is 1. The maximum atomic E-state index is 12.8. The number of aromatic nitrogens is 2. The molecule has 122 valence electrons. The monoisotopic (exact) mass is 319 g/mol. The summed E-state index contributed by atoms with van der Waals surface area (Å²) in [7, 11) is 0. The summed E-state index contributed by atoms with van der Waals surface area (Å²) in [6, 6.07) is 19.6. The minimum absolute atomic E-state index is 0.0742. The minimum Gasteiger partial charge on any atom is -0.337 e. The lowest BCUT2D eigenvalue weighted by molar-refractivity contribution is 0.0739. The van der Waals surface area contributed by atoms with E-state index in [1.54, 1.807) is 12.5 Å². The van der Waals surface area contributed by atoms with E-state index in [0.717, 1.165) is 24.1 Å². The summed E-state index contributed by atoms with van der Waals surface area (Å²) >= 11 is 0. The Morgan fingerprint density at radius 1 is 1.00 bits per heavy atom. The second-order valence-electron chi connectivity index (χ2n) is 5.73. The topological polar surface area (TPSA) is 38.1 Å². The molecule has 0 spiro atoms. The summed E-state index contributed by atoms with van der Waals surface area (Å²) in [5, 5.41) is 0. The third kappa shape index (κ3) is 4.32. The molecule has 1 amide bonds. The molecule has 3 aromatic rings. The average molecular weight is 319 g/mol. The van der Waals surface area contributed by atoms with E-state index >= 15 is 0 Å². The van der Waals surface area contributed by atoms with Gasteiger partial charge in [-0.05, 0) is 24.1 Å². The molecule has 0 fully saturated rings. The molecule has 0 saturated heterocycles. The van der Waals surface area contributed by atoms with E-state index in [4.69, 9.17) is 0 Å². The van der Waals surface area contributed by atoms with Crippen LogP contribution in [0.25, 0.3) is 0 Å². The summed E-state index contributed by atoms with van der Waals surface area (Å²) in [5.41, 5.74) is 1.88. The van der Waals surface area contributed by atoms with Crippen molar-refractivity contribution in [2.45, 2.75) is 19.5 Å². The molecule has 1 heterocycles. The largest absolute Gasteiger partial charge is 0.337 e. The molecule has 0 unspecified atom stereocenters. The van der Waals surface area contributed by atoms with E-state index in [-0.39, 0.29) is 5.91 Å². The first-order valence-corrected chi connectivity index (χ1v) is 8.17. The summed E-state index contributed by atoms with van der Waals surface area (Å²) in [4.78, 5) is 18.8. The van der Waals surface area contributed by atoms with Crippen LogP contribution in [0.4, 0.5) is 0 Å². The summed E-state index contributed by atoms with van der Waals surface area (Å²) in [5.74, 6) is 0.0742. The summed E-state index contributed by atoms with van der Waals surface area (Å²) < 4.78 is 2.04. The number of hydrogen-bond acceptors (Lipinski definition) is 2. The van der Waals surface area contributed by atoms with E-state index in [1.807, 2.05) is 64.2 Å². The first-order chi connectivity index (χ1) is 11.8. The quantitative estimate of drug-likeness (QED) is 0.667. The molecule has 0 saturated carbocycles. The number of amides is 1. The van der Waals surface area contributed by atoms with Crippen molar-refractivity contribution in [3.05, 3.63) is 90.5 Å². The highest BCUT2D eigenvalue weighted by molar-refractivity contribution is 5.94. The van der Waals surface area contributed by atoms with Gasteiger partial charge in [-0.3, -0.25) is 4.79 Å².